The van der Waals surface area contributed by atoms with Crippen LogP contribution in [0.1, 0.15) is 18.6 Å². The summed E-state index contributed by atoms with van der Waals surface area (Å²) in [4.78, 5) is 10.2. The number of carboxylic acids is 1. The molecule has 0 aliphatic rings. The maximum atomic E-state index is 10.2. The van der Waals surface area contributed by atoms with Crippen LogP contribution in [0.3, 0.4) is 0 Å². The Morgan fingerprint density at radius 2 is 2.54 bits per heavy atom. The number of carbonyl (C=O) groups is 1. The Balaban J connectivity index is 2.32. The van der Waals surface area contributed by atoms with Crippen LogP contribution in [0.25, 0.3) is 0 Å². The van der Waals surface area contributed by atoms with E-state index in [1.165, 1.54) is 7.11 Å². The molecule has 13 heavy (non-hydrogen) atoms. The third kappa shape index (κ3) is 3.14. The molecule has 0 aliphatic heterocycles. The number of hydrogen-bond acceptors (Lipinski definition) is 4. The summed E-state index contributed by atoms with van der Waals surface area (Å²) in [5, 5.41) is 12.0. The number of ether oxygens (including phenoxy) is 1. The maximum absolute atomic E-state index is 10.2. The van der Waals surface area contributed by atoms with Crippen molar-refractivity contribution in [3.05, 3.63) is 11.8 Å². The van der Waals surface area contributed by atoms with Crippen molar-refractivity contribution < 1.29 is 19.2 Å². The number of methoxy groups -OCH3 is 1. The minimum Gasteiger partial charge on any atom is -0.481 e. The van der Waals surface area contributed by atoms with Crippen molar-refractivity contribution >= 4 is 5.97 Å². The summed E-state index contributed by atoms with van der Waals surface area (Å²) in [5.74, 6) is 0.273. The molecule has 5 heteroatoms. The first-order valence-corrected chi connectivity index (χ1v) is 3.93. The highest BCUT2D eigenvalue weighted by atomic mass is 16.5. The molecule has 0 fully saturated rings. The van der Waals surface area contributed by atoms with Crippen molar-refractivity contribution in [2.24, 2.45) is 0 Å². The molecule has 0 saturated carbocycles. The van der Waals surface area contributed by atoms with E-state index in [-0.39, 0.29) is 6.42 Å². The zero-order valence-corrected chi connectivity index (χ0v) is 7.32. The predicted molar refractivity (Wildman–Crippen MR) is 43.6 cm³/mol. The standard InChI is InChI=1S/C8H11NO4/c1-12-7-5-6(13-9-7)3-2-4-8(10)11/h5H,2-4H2,1H3,(H,10,11). The molecule has 1 aromatic heterocycles. The molecule has 5 nitrogen and oxygen atoms in total. The smallest absolute Gasteiger partial charge is 0.303 e. The highest BCUT2D eigenvalue weighted by Crippen LogP contribution is 2.12. The minimum absolute atomic E-state index is 0.142. The van der Waals surface area contributed by atoms with Crippen molar-refractivity contribution in [3.63, 3.8) is 0 Å². The Morgan fingerprint density at radius 1 is 1.77 bits per heavy atom. The molecule has 1 heterocycles. The number of aryl methyl sites for hydroxylation is 1. The Hall–Kier alpha value is -1.52. The van der Waals surface area contributed by atoms with E-state index in [1.807, 2.05) is 0 Å². The van der Waals surface area contributed by atoms with E-state index in [1.54, 1.807) is 6.07 Å². The number of nitrogens with zero attached hydrogens (tertiary/aromatic N) is 1. The third-order valence-electron chi connectivity index (χ3n) is 1.56. The van der Waals surface area contributed by atoms with Gasteiger partial charge in [-0.05, 0) is 11.6 Å². The van der Waals surface area contributed by atoms with E-state index in [2.05, 4.69) is 5.16 Å². The van der Waals surface area contributed by atoms with Crippen LogP contribution in [0.2, 0.25) is 0 Å². The lowest BCUT2D eigenvalue weighted by atomic mass is 10.2. The molecular weight excluding hydrogens is 174 g/mol. The van der Waals surface area contributed by atoms with Crippen molar-refractivity contribution in [3.8, 4) is 5.88 Å². The van der Waals surface area contributed by atoms with E-state index in [4.69, 9.17) is 14.4 Å². The molecule has 0 bridgehead atoms. The van der Waals surface area contributed by atoms with Crippen LogP contribution in [0.5, 0.6) is 5.88 Å². The third-order valence-corrected chi connectivity index (χ3v) is 1.56. The summed E-state index contributed by atoms with van der Waals surface area (Å²) in [6.45, 7) is 0. The van der Waals surface area contributed by atoms with Gasteiger partial charge < -0.3 is 14.4 Å². The van der Waals surface area contributed by atoms with E-state index in [0.717, 1.165) is 0 Å². The van der Waals surface area contributed by atoms with Gasteiger partial charge in [-0.2, -0.15) is 0 Å². The fourth-order valence-corrected chi connectivity index (χ4v) is 0.922. The first-order valence-electron chi connectivity index (χ1n) is 3.93. The lowest BCUT2D eigenvalue weighted by Crippen LogP contribution is -1.95. The lowest BCUT2D eigenvalue weighted by Gasteiger charge is -1.91. The zero-order chi connectivity index (χ0) is 9.68. The van der Waals surface area contributed by atoms with Gasteiger partial charge in [-0.3, -0.25) is 4.79 Å². The number of aromatic nitrogens is 1. The molecule has 1 rings (SSSR count). The van der Waals surface area contributed by atoms with Crippen LogP contribution in [0, 0.1) is 0 Å². The zero-order valence-electron chi connectivity index (χ0n) is 7.32. The molecule has 0 amide bonds. The molecule has 0 unspecified atom stereocenters. The first kappa shape index (κ1) is 9.57. The van der Waals surface area contributed by atoms with E-state index < -0.39 is 5.97 Å². The maximum Gasteiger partial charge on any atom is 0.303 e. The van der Waals surface area contributed by atoms with Crippen molar-refractivity contribution in [1.29, 1.82) is 0 Å². The average molecular weight is 185 g/mol. The summed E-state index contributed by atoms with van der Waals surface area (Å²) in [7, 11) is 1.50. The van der Waals surface area contributed by atoms with Gasteiger partial charge in [0.1, 0.15) is 5.76 Å². The quantitative estimate of drug-likeness (QED) is 0.743. The fraction of sp³-hybridized carbons (Fsp3) is 0.500. The van der Waals surface area contributed by atoms with Crippen LogP contribution in [0.4, 0.5) is 0 Å². The Bertz CT molecular complexity index is 281. The average Bonchev–Trinajstić information content (AvgIpc) is 2.52. The van der Waals surface area contributed by atoms with Gasteiger partial charge in [-0.25, -0.2) is 0 Å². The second-order valence-corrected chi connectivity index (χ2v) is 2.58. The minimum atomic E-state index is -0.800. The predicted octanol–water partition coefficient (Wildman–Crippen LogP) is 1.09. The lowest BCUT2D eigenvalue weighted by molar-refractivity contribution is -0.137. The molecule has 0 spiro atoms. The summed E-state index contributed by atoms with van der Waals surface area (Å²) in [6.07, 6.45) is 1.26. The monoisotopic (exact) mass is 185 g/mol. The Morgan fingerprint density at radius 3 is 3.08 bits per heavy atom. The molecule has 1 aromatic rings. The van der Waals surface area contributed by atoms with Crippen molar-refractivity contribution in [2.45, 2.75) is 19.3 Å². The van der Waals surface area contributed by atoms with Gasteiger partial charge in [0.15, 0.2) is 0 Å². The number of carboxylic acid groups (broad SMARTS) is 1. The summed E-state index contributed by atoms with van der Waals surface area (Å²) >= 11 is 0. The summed E-state index contributed by atoms with van der Waals surface area (Å²) in [6, 6.07) is 1.65. The Kier molecular flexibility index (Phi) is 3.31. The van der Waals surface area contributed by atoms with Gasteiger partial charge in [0.2, 0.25) is 0 Å². The SMILES string of the molecule is COc1cc(CCCC(=O)O)on1. The number of hydrogen-bond donors (Lipinski definition) is 1. The van der Waals surface area contributed by atoms with Crippen LogP contribution in [-0.2, 0) is 11.2 Å². The van der Waals surface area contributed by atoms with Crippen molar-refractivity contribution in [2.75, 3.05) is 7.11 Å². The highest BCUT2D eigenvalue weighted by molar-refractivity contribution is 5.66. The number of rotatable bonds is 5. The highest BCUT2D eigenvalue weighted by Gasteiger charge is 2.04. The normalized spacial score (nSPS) is 9.92. The molecule has 0 aromatic carbocycles. The van der Waals surface area contributed by atoms with Gasteiger partial charge in [-0.1, -0.05) is 0 Å². The van der Waals surface area contributed by atoms with Gasteiger partial charge in [0, 0.05) is 18.9 Å². The molecule has 0 radical (unpaired) electrons. The fourth-order valence-electron chi connectivity index (χ4n) is 0.922. The molecule has 0 atom stereocenters. The van der Waals surface area contributed by atoms with Gasteiger partial charge in [-0.15, -0.1) is 0 Å². The topological polar surface area (TPSA) is 72.6 Å². The summed E-state index contributed by atoms with van der Waals surface area (Å²) in [5.41, 5.74) is 0. The van der Waals surface area contributed by atoms with Crippen LogP contribution < -0.4 is 4.74 Å². The van der Waals surface area contributed by atoms with E-state index >= 15 is 0 Å². The van der Waals surface area contributed by atoms with Crippen LogP contribution in [0.15, 0.2) is 10.6 Å². The second kappa shape index (κ2) is 4.49. The first-order chi connectivity index (χ1) is 6.22. The van der Waals surface area contributed by atoms with Crippen molar-refractivity contribution in [1.82, 2.24) is 5.16 Å². The largest absolute Gasteiger partial charge is 0.481 e. The van der Waals surface area contributed by atoms with E-state index in [0.29, 0.717) is 24.5 Å². The molecule has 1 N–H and O–H groups in total. The van der Waals surface area contributed by atoms with Crippen LogP contribution in [-0.4, -0.2) is 23.3 Å². The Labute approximate surface area is 75.3 Å². The number of aliphatic carboxylic acids is 1. The van der Waals surface area contributed by atoms with Gasteiger partial charge >= 0.3 is 5.97 Å². The van der Waals surface area contributed by atoms with Gasteiger partial charge in [0.25, 0.3) is 5.88 Å². The summed E-state index contributed by atoms with van der Waals surface area (Å²) < 4.78 is 9.67. The van der Waals surface area contributed by atoms with E-state index in [9.17, 15) is 4.79 Å². The molecule has 72 valence electrons. The molecule has 0 saturated heterocycles. The van der Waals surface area contributed by atoms with Crippen LogP contribution >= 0.6 is 0 Å². The van der Waals surface area contributed by atoms with Gasteiger partial charge in [0.05, 0.1) is 7.11 Å². The second-order valence-electron chi connectivity index (χ2n) is 2.58. The molecular formula is C8H11NO4. The molecule has 0 aliphatic carbocycles.